The number of para-hydroxylation sites is 1. The van der Waals surface area contributed by atoms with E-state index in [9.17, 15) is 4.79 Å². The first kappa shape index (κ1) is 15.6. The smallest absolute Gasteiger partial charge is 0.290 e. The predicted molar refractivity (Wildman–Crippen MR) is 95.7 cm³/mol. The first-order chi connectivity index (χ1) is 12.7. The number of carbonyl (C=O) groups excluding carboxylic acids is 1. The Bertz CT molecular complexity index is 983. The molecule has 1 fully saturated rings. The zero-order chi connectivity index (χ0) is 17.7. The van der Waals surface area contributed by atoms with Gasteiger partial charge >= 0.3 is 0 Å². The largest absolute Gasteiger partial charge is 0.451 e. The van der Waals surface area contributed by atoms with Gasteiger partial charge in [-0.2, -0.15) is 0 Å². The van der Waals surface area contributed by atoms with E-state index >= 15 is 0 Å². The third-order valence-electron chi connectivity index (χ3n) is 5.48. The van der Waals surface area contributed by atoms with Gasteiger partial charge in [0.15, 0.2) is 11.6 Å². The highest BCUT2D eigenvalue weighted by molar-refractivity contribution is 5.98. The van der Waals surface area contributed by atoms with E-state index in [2.05, 4.69) is 20.1 Å². The van der Waals surface area contributed by atoms with Crippen molar-refractivity contribution in [2.24, 2.45) is 0 Å². The van der Waals surface area contributed by atoms with Gasteiger partial charge in [-0.3, -0.25) is 4.79 Å². The van der Waals surface area contributed by atoms with Gasteiger partial charge in [0.25, 0.3) is 5.91 Å². The minimum absolute atomic E-state index is 0.0755. The Morgan fingerprint density at radius 3 is 2.96 bits per heavy atom. The lowest BCUT2D eigenvalue weighted by Gasteiger charge is -2.28. The van der Waals surface area contributed by atoms with Gasteiger partial charge in [-0.05, 0) is 32.4 Å². The molecule has 134 valence electrons. The number of carbonyl (C=O) groups is 1. The van der Waals surface area contributed by atoms with Crippen molar-refractivity contribution in [3.05, 3.63) is 47.2 Å². The van der Waals surface area contributed by atoms with E-state index in [0.717, 1.165) is 47.7 Å². The molecule has 2 aliphatic rings. The molecule has 0 spiro atoms. The molecule has 26 heavy (non-hydrogen) atoms. The van der Waals surface area contributed by atoms with Gasteiger partial charge in [-0.15, -0.1) is 10.2 Å². The van der Waals surface area contributed by atoms with E-state index < -0.39 is 0 Å². The number of furan rings is 1. The number of aryl methyl sites for hydroxylation is 1. The molecule has 0 saturated carbocycles. The topological polar surface area (TPSA) is 76.2 Å². The monoisotopic (exact) mass is 351 g/mol. The molecular weight excluding hydrogens is 330 g/mol. The second kappa shape index (κ2) is 5.95. The Labute approximate surface area is 151 Å². The van der Waals surface area contributed by atoms with Crippen molar-refractivity contribution >= 4 is 16.9 Å². The highest BCUT2D eigenvalue weighted by Crippen LogP contribution is 2.28. The highest BCUT2D eigenvalue weighted by atomic mass is 16.3. The van der Waals surface area contributed by atoms with Crippen molar-refractivity contribution in [2.75, 3.05) is 13.1 Å². The Hall–Kier alpha value is -2.67. The van der Waals surface area contributed by atoms with E-state index in [1.165, 1.54) is 6.42 Å². The van der Waals surface area contributed by atoms with Gasteiger partial charge in [0.1, 0.15) is 11.4 Å². The SMILES string of the molecule is Cc1c(C(=O)N2CCn3c(nnc3C3CCCN3)C2)oc2ccccc12. The van der Waals surface area contributed by atoms with Gasteiger partial charge < -0.3 is 19.2 Å². The van der Waals surface area contributed by atoms with E-state index in [0.29, 0.717) is 18.8 Å². The van der Waals surface area contributed by atoms with Crippen molar-refractivity contribution < 1.29 is 9.21 Å². The van der Waals surface area contributed by atoms with Crippen molar-refractivity contribution in [2.45, 2.75) is 38.9 Å². The van der Waals surface area contributed by atoms with Crippen LogP contribution in [0.1, 0.15) is 46.7 Å². The molecule has 0 radical (unpaired) electrons. The highest BCUT2D eigenvalue weighted by Gasteiger charge is 2.31. The number of aromatic nitrogens is 3. The molecule has 2 aliphatic heterocycles. The molecule has 5 rings (SSSR count). The molecule has 7 nitrogen and oxygen atoms in total. The summed E-state index contributed by atoms with van der Waals surface area (Å²) >= 11 is 0. The molecule has 3 aromatic rings. The number of hydrogen-bond acceptors (Lipinski definition) is 5. The molecule has 1 amide bonds. The Morgan fingerprint density at radius 2 is 2.15 bits per heavy atom. The predicted octanol–water partition coefficient (Wildman–Crippen LogP) is 2.41. The number of amides is 1. The summed E-state index contributed by atoms with van der Waals surface area (Å²) in [6.07, 6.45) is 2.27. The average Bonchev–Trinajstić information content (AvgIpc) is 3.39. The zero-order valence-electron chi connectivity index (χ0n) is 14.7. The number of nitrogens with zero attached hydrogens (tertiary/aromatic N) is 4. The van der Waals surface area contributed by atoms with Gasteiger partial charge in [0.2, 0.25) is 0 Å². The van der Waals surface area contributed by atoms with Crippen molar-refractivity contribution in [1.82, 2.24) is 25.0 Å². The minimum atomic E-state index is -0.0755. The third-order valence-corrected chi connectivity index (χ3v) is 5.48. The van der Waals surface area contributed by atoms with Crippen LogP contribution in [0.2, 0.25) is 0 Å². The normalized spacial score (nSPS) is 19.9. The van der Waals surface area contributed by atoms with Crippen LogP contribution in [0.5, 0.6) is 0 Å². The Balaban J connectivity index is 1.42. The molecule has 4 heterocycles. The number of nitrogens with one attached hydrogen (secondary N) is 1. The molecule has 1 unspecified atom stereocenters. The fraction of sp³-hybridized carbons (Fsp3) is 0.421. The maximum Gasteiger partial charge on any atom is 0.290 e. The van der Waals surface area contributed by atoms with Gasteiger partial charge in [-0.25, -0.2) is 0 Å². The molecule has 1 atom stereocenters. The minimum Gasteiger partial charge on any atom is -0.451 e. The van der Waals surface area contributed by atoms with Crippen molar-refractivity contribution in [3.63, 3.8) is 0 Å². The summed E-state index contributed by atoms with van der Waals surface area (Å²) in [7, 11) is 0. The van der Waals surface area contributed by atoms with Gasteiger partial charge in [0.05, 0.1) is 12.6 Å². The Morgan fingerprint density at radius 1 is 1.27 bits per heavy atom. The van der Waals surface area contributed by atoms with Crippen LogP contribution in [-0.2, 0) is 13.1 Å². The van der Waals surface area contributed by atoms with Crippen LogP contribution in [0.15, 0.2) is 28.7 Å². The van der Waals surface area contributed by atoms with Gasteiger partial charge in [0, 0.05) is 24.0 Å². The lowest BCUT2D eigenvalue weighted by Crippen LogP contribution is -2.39. The first-order valence-corrected chi connectivity index (χ1v) is 9.15. The first-order valence-electron chi connectivity index (χ1n) is 9.15. The maximum atomic E-state index is 13.0. The maximum absolute atomic E-state index is 13.0. The summed E-state index contributed by atoms with van der Waals surface area (Å²) in [6.45, 7) is 4.80. The van der Waals surface area contributed by atoms with Crippen LogP contribution in [0.3, 0.4) is 0 Å². The quantitative estimate of drug-likeness (QED) is 0.767. The van der Waals surface area contributed by atoms with Crippen LogP contribution in [0.25, 0.3) is 11.0 Å². The van der Waals surface area contributed by atoms with E-state index in [-0.39, 0.29) is 11.9 Å². The summed E-state index contributed by atoms with van der Waals surface area (Å²) in [4.78, 5) is 14.8. The molecule has 1 aromatic carbocycles. The van der Waals surface area contributed by atoms with Crippen LogP contribution in [-0.4, -0.2) is 38.7 Å². The number of fused-ring (bicyclic) bond motifs is 2. The van der Waals surface area contributed by atoms with Crippen LogP contribution in [0, 0.1) is 6.92 Å². The average molecular weight is 351 g/mol. The van der Waals surface area contributed by atoms with Crippen LogP contribution < -0.4 is 5.32 Å². The summed E-state index contributed by atoms with van der Waals surface area (Å²) < 4.78 is 8.01. The fourth-order valence-electron chi connectivity index (χ4n) is 4.04. The lowest BCUT2D eigenvalue weighted by atomic mass is 10.1. The van der Waals surface area contributed by atoms with Gasteiger partial charge in [-0.1, -0.05) is 18.2 Å². The summed E-state index contributed by atoms with van der Waals surface area (Å²) in [5.41, 5.74) is 1.65. The molecule has 2 aromatic heterocycles. The molecule has 1 N–H and O–H groups in total. The fourth-order valence-corrected chi connectivity index (χ4v) is 4.04. The van der Waals surface area contributed by atoms with Crippen molar-refractivity contribution in [3.8, 4) is 0 Å². The van der Waals surface area contributed by atoms with E-state index in [1.807, 2.05) is 31.2 Å². The second-order valence-corrected chi connectivity index (χ2v) is 7.05. The van der Waals surface area contributed by atoms with E-state index in [1.54, 1.807) is 4.90 Å². The summed E-state index contributed by atoms with van der Waals surface area (Å²) in [5, 5.41) is 13.2. The molecule has 7 heteroatoms. The second-order valence-electron chi connectivity index (χ2n) is 7.05. The summed E-state index contributed by atoms with van der Waals surface area (Å²) in [5.74, 6) is 2.21. The number of benzene rings is 1. The molecule has 1 saturated heterocycles. The van der Waals surface area contributed by atoms with E-state index in [4.69, 9.17) is 4.42 Å². The van der Waals surface area contributed by atoms with Crippen LogP contribution in [0.4, 0.5) is 0 Å². The standard InChI is InChI=1S/C19H21N5O2/c1-12-13-5-2-3-7-15(13)26-17(12)19(25)23-9-10-24-16(11-23)21-22-18(24)14-6-4-8-20-14/h2-3,5,7,14,20H,4,6,8-11H2,1H3. The molecule has 0 aliphatic carbocycles. The van der Waals surface area contributed by atoms with Crippen molar-refractivity contribution in [1.29, 1.82) is 0 Å². The molecule has 0 bridgehead atoms. The van der Waals surface area contributed by atoms with Crippen LogP contribution >= 0.6 is 0 Å². The number of hydrogen-bond donors (Lipinski definition) is 1. The lowest BCUT2D eigenvalue weighted by molar-refractivity contribution is 0.0675. The number of rotatable bonds is 2. The summed E-state index contributed by atoms with van der Waals surface area (Å²) in [6, 6.07) is 8.05. The third kappa shape index (κ3) is 2.34. The Kier molecular flexibility index (Phi) is 3.56. The molecular formula is C19H21N5O2. The zero-order valence-corrected chi connectivity index (χ0v) is 14.7.